The van der Waals surface area contributed by atoms with Crippen LogP contribution in [0, 0.1) is 0 Å². The fourth-order valence-electron chi connectivity index (χ4n) is 6.95. The zero-order chi connectivity index (χ0) is 36.9. The number of aliphatic hydroxyl groups excluding tert-OH is 2. The lowest BCUT2D eigenvalue weighted by Gasteiger charge is -2.24. The molecule has 0 radical (unpaired) electrons. The van der Waals surface area contributed by atoms with Crippen LogP contribution in [0.25, 0.3) is 22.5 Å². The largest absolute Gasteiger partial charge is 0.391 e. The van der Waals surface area contributed by atoms with Gasteiger partial charge in [0.1, 0.15) is 12.1 Å². The van der Waals surface area contributed by atoms with Crippen molar-refractivity contribution in [1.29, 1.82) is 0 Å². The van der Waals surface area contributed by atoms with Crippen LogP contribution in [0.1, 0.15) is 24.0 Å². The summed E-state index contributed by atoms with van der Waals surface area (Å²) in [7, 11) is 0. The number of amides is 4. The Bertz CT molecular complexity index is 1920. The predicted octanol–water partition coefficient (Wildman–Crippen LogP) is 4.03. The normalized spacial score (nSPS) is 19.6. The van der Waals surface area contributed by atoms with Crippen molar-refractivity contribution in [2.75, 3.05) is 23.7 Å². The number of hydrogen-bond donors (Lipinski definition) is 5. The first kappa shape index (κ1) is 35.3. The average Bonchev–Trinajstić information content (AvgIpc) is 3.92. The van der Waals surface area contributed by atoms with Crippen molar-refractivity contribution in [1.82, 2.24) is 20.0 Å². The average molecular weight is 713 g/mol. The molecule has 0 spiro atoms. The van der Waals surface area contributed by atoms with Crippen LogP contribution in [0.3, 0.4) is 0 Å². The highest BCUT2D eigenvalue weighted by Gasteiger charge is 2.40. The third-order valence-electron chi connectivity index (χ3n) is 9.69. The second-order valence-electron chi connectivity index (χ2n) is 13.5. The summed E-state index contributed by atoms with van der Waals surface area (Å²) < 4.78 is 0. The van der Waals surface area contributed by atoms with Crippen LogP contribution in [-0.2, 0) is 32.0 Å². The molecule has 2 aliphatic heterocycles. The van der Waals surface area contributed by atoms with Crippen molar-refractivity contribution in [3.63, 3.8) is 0 Å². The number of rotatable bonds is 10. The summed E-state index contributed by atoms with van der Waals surface area (Å²) >= 11 is 0. The molecule has 0 aliphatic carbocycles. The van der Waals surface area contributed by atoms with Crippen molar-refractivity contribution in [3.8, 4) is 22.5 Å². The van der Waals surface area contributed by atoms with Crippen LogP contribution in [-0.4, -0.2) is 91.2 Å². The third kappa shape index (κ3) is 8.35. The molecule has 12 nitrogen and oxygen atoms in total. The van der Waals surface area contributed by atoms with Crippen LogP contribution in [0.2, 0.25) is 0 Å². The molecule has 0 unspecified atom stereocenters. The Kier molecular flexibility index (Phi) is 10.4. The van der Waals surface area contributed by atoms with Crippen molar-refractivity contribution in [2.45, 2.75) is 50.0 Å². The van der Waals surface area contributed by atoms with Crippen molar-refractivity contribution < 1.29 is 29.4 Å². The van der Waals surface area contributed by atoms with Gasteiger partial charge in [-0.1, -0.05) is 84.9 Å². The molecule has 1 aromatic heterocycles. The number of aromatic nitrogens is 2. The molecular weight excluding hydrogens is 672 g/mol. The smallest absolute Gasteiger partial charge is 0.247 e. The first-order chi connectivity index (χ1) is 25.7. The Balaban J connectivity index is 0.941. The van der Waals surface area contributed by atoms with E-state index < -0.39 is 24.3 Å². The minimum absolute atomic E-state index is 0.115. The van der Waals surface area contributed by atoms with E-state index in [4.69, 9.17) is 0 Å². The van der Waals surface area contributed by atoms with E-state index in [9.17, 15) is 29.4 Å². The Morgan fingerprint density at radius 3 is 1.51 bits per heavy atom. The van der Waals surface area contributed by atoms with Crippen LogP contribution >= 0.6 is 0 Å². The molecule has 4 atom stereocenters. The van der Waals surface area contributed by atoms with Gasteiger partial charge in [0.2, 0.25) is 23.6 Å². The molecule has 12 heteroatoms. The summed E-state index contributed by atoms with van der Waals surface area (Å²) in [4.78, 5) is 55.4. The molecule has 3 heterocycles. The minimum Gasteiger partial charge on any atom is -0.391 e. The first-order valence-corrected chi connectivity index (χ1v) is 17.6. The Labute approximate surface area is 306 Å². The summed E-state index contributed by atoms with van der Waals surface area (Å²) in [5.41, 5.74) is 5.91. The third-order valence-corrected chi connectivity index (χ3v) is 9.69. The maximum Gasteiger partial charge on any atom is 0.247 e. The van der Waals surface area contributed by atoms with Gasteiger partial charge >= 0.3 is 0 Å². The Hall–Kier alpha value is -6.11. The fourth-order valence-corrected chi connectivity index (χ4v) is 6.95. The predicted molar refractivity (Wildman–Crippen MR) is 199 cm³/mol. The number of nitrogens with zero attached hydrogens (tertiary/aromatic N) is 3. The number of likely N-dealkylation sites (tertiary alicyclic amines) is 2. The summed E-state index contributed by atoms with van der Waals surface area (Å²) in [6, 6.07) is 33.4. The van der Waals surface area contributed by atoms with Gasteiger partial charge < -0.3 is 30.6 Å². The first-order valence-electron chi connectivity index (χ1n) is 17.6. The topological polar surface area (TPSA) is 168 Å². The minimum atomic E-state index is -0.770. The van der Waals surface area contributed by atoms with E-state index in [-0.39, 0.29) is 62.4 Å². The maximum absolute atomic E-state index is 13.2. The summed E-state index contributed by atoms with van der Waals surface area (Å²) in [6.45, 7) is 0.230. The van der Waals surface area contributed by atoms with Gasteiger partial charge in [0, 0.05) is 42.9 Å². The highest BCUT2D eigenvalue weighted by molar-refractivity contribution is 5.99. The molecule has 5 N–H and O–H groups in total. The van der Waals surface area contributed by atoms with E-state index in [2.05, 4.69) is 20.8 Å². The number of nitrogens with one attached hydrogen (secondary N) is 3. The number of carbonyl (C=O) groups is 4. The molecule has 4 aromatic carbocycles. The van der Waals surface area contributed by atoms with Gasteiger partial charge in [-0.3, -0.25) is 24.3 Å². The van der Waals surface area contributed by atoms with Gasteiger partial charge in [-0.2, -0.15) is 5.10 Å². The number of benzene rings is 4. The highest BCUT2D eigenvalue weighted by atomic mass is 16.3. The van der Waals surface area contributed by atoms with Gasteiger partial charge in [-0.15, -0.1) is 0 Å². The quantitative estimate of drug-likeness (QED) is 0.146. The standard InChI is InChI=1S/C41H40N6O6/c48-32-21-36(46(24-32)38(50)19-26-7-3-1-4-8-26)40(52)42-30-15-11-28(12-16-30)34-23-35(45-44-34)29-13-17-31(18-14-29)43-41(53)37-22-33(49)25-47(37)39(51)20-27-9-5-2-6-10-27/h1-18,23,32-33,36-37,48-49H,19-22,24-25H2,(H,42,52)(H,43,53)(H,44,45)/t32-,33-,36+,37+/m1/s1. The van der Waals surface area contributed by atoms with E-state index >= 15 is 0 Å². The lowest BCUT2D eigenvalue weighted by molar-refractivity contribution is -0.136. The molecule has 7 rings (SSSR count). The van der Waals surface area contributed by atoms with Gasteiger partial charge in [-0.25, -0.2) is 0 Å². The number of carbonyl (C=O) groups excluding carboxylic acids is 4. The number of aromatic amines is 1. The molecular formula is C41H40N6O6. The fraction of sp³-hybridized carbons (Fsp3) is 0.244. The molecule has 2 fully saturated rings. The molecule has 2 aliphatic rings. The van der Waals surface area contributed by atoms with Gasteiger partial charge in [-0.05, 0) is 47.0 Å². The van der Waals surface area contributed by atoms with Crippen molar-refractivity contribution in [2.24, 2.45) is 0 Å². The number of hydrogen-bond acceptors (Lipinski definition) is 7. The molecule has 0 bridgehead atoms. The number of H-pyrrole nitrogens is 1. The molecule has 5 aromatic rings. The van der Waals surface area contributed by atoms with Gasteiger partial charge in [0.15, 0.2) is 0 Å². The number of β-amino-alcohol motifs (C(OH)–C–C–N with tert-alkyl or cyclic N) is 2. The lowest BCUT2D eigenvalue weighted by atomic mass is 10.1. The van der Waals surface area contributed by atoms with E-state index in [1.54, 1.807) is 24.3 Å². The summed E-state index contributed by atoms with van der Waals surface area (Å²) in [6.07, 6.45) is -0.873. The van der Waals surface area contributed by atoms with E-state index in [0.717, 1.165) is 27.9 Å². The monoisotopic (exact) mass is 712 g/mol. The van der Waals surface area contributed by atoms with Gasteiger partial charge in [0.05, 0.1) is 36.4 Å². The Morgan fingerprint density at radius 2 is 1.06 bits per heavy atom. The van der Waals surface area contributed by atoms with E-state index in [0.29, 0.717) is 17.1 Å². The van der Waals surface area contributed by atoms with Gasteiger partial charge in [0.25, 0.3) is 0 Å². The lowest BCUT2D eigenvalue weighted by Crippen LogP contribution is -2.43. The summed E-state index contributed by atoms with van der Waals surface area (Å²) in [5, 5.41) is 33.9. The number of aliphatic hydroxyl groups is 2. The molecule has 2 saturated heterocycles. The molecule has 53 heavy (non-hydrogen) atoms. The van der Waals surface area contributed by atoms with Crippen LogP contribution in [0.5, 0.6) is 0 Å². The van der Waals surface area contributed by atoms with Crippen molar-refractivity contribution in [3.05, 3.63) is 126 Å². The van der Waals surface area contributed by atoms with Crippen LogP contribution in [0.4, 0.5) is 11.4 Å². The SMILES string of the molecule is O=C(Nc1ccc(-c2cc(-c3ccc(NC(=O)[C@@H]4C[C@@H](O)CN4C(=O)Cc4ccccc4)cc3)[nH]n2)cc1)[C@@H]1C[C@@H](O)CN1C(=O)Cc1ccccc1. The zero-order valence-corrected chi connectivity index (χ0v) is 28.9. The zero-order valence-electron chi connectivity index (χ0n) is 28.9. The highest BCUT2D eigenvalue weighted by Crippen LogP contribution is 2.28. The second kappa shape index (κ2) is 15.6. The van der Waals surface area contributed by atoms with Crippen molar-refractivity contribution >= 4 is 35.0 Å². The van der Waals surface area contributed by atoms with E-state index in [1.165, 1.54) is 9.80 Å². The molecule has 0 saturated carbocycles. The number of anilines is 2. The van der Waals surface area contributed by atoms with E-state index in [1.807, 2.05) is 91.0 Å². The van der Waals surface area contributed by atoms with Crippen LogP contribution < -0.4 is 10.6 Å². The second-order valence-corrected chi connectivity index (χ2v) is 13.5. The maximum atomic E-state index is 13.2. The Morgan fingerprint density at radius 1 is 0.623 bits per heavy atom. The molecule has 4 amide bonds. The van der Waals surface area contributed by atoms with Crippen LogP contribution in [0.15, 0.2) is 115 Å². The summed E-state index contributed by atoms with van der Waals surface area (Å²) in [5.74, 6) is -1.12. The molecule has 270 valence electrons.